The molecule has 2 aromatic rings. The average Bonchev–Trinajstić information content (AvgIpc) is 2.58. The fourth-order valence-electron chi connectivity index (χ4n) is 2.80. The fourth-order valence-corrected chi connectivity index (χ4v) is 2.80. The predicted octanol–water partition coefficient (Wildman–Crippen LogP) is 2.93. The summed E-state index contributed by atoms with van der Waals surface area (Å²) < 4.78 is 65.8. The Morgan fingerprint density at radius 3 is 2.52 bits per heavy atom. The minimum atomic E-state index is -4.62. The topological polar surface area (TPSA) is 49.3 Å². The lowest BCUT2D eigenvalue weighted by molar-refractivity contribution is -0.141. The minimum Gasteiger partial charge on any atom is -0.345 e. The summed E-state index contributed by atoms with van der Waals surface area (Å²) >= 11 is 0. The molecular formula is C17H15F5N4O. The Morgan fingerprint density at radius 1 is 1.11 bits per heavy atom. The second-order valence-corrected chi connectivity index (χ2v) is 6.13. The molecule has 1 amide bonds. The van der Waals surface area contributed by atoms with Gasteiger partial charge in [-0.25, -0.2) is 18.7 Å². The third-order valence-electron chi connectivity index (χ3n) is 4.13. The number of halogens is 5. The summed E-state index contributed by atoms with van der Waals surface area (Å²) in [4.78, 5) is 22.4. The lowest BCUT2D eigenvalue weighted by Crippen LogP contribution is -2.50. The van der Waals surface area contributed by atoms with Crippen LogP contribution in [0.25, 0.3) is 0 Å². The van der Waals surface area contributed by atoms with Gasteiger partial charge in [0.1, 0.15) is 29.0 Å². The van der Waals surface area contributed by atoms with Crippen LogP contribution < -0.4 is 4.90 Å². The zero-order valence-corrected chi connectivity index (χ0v) is 14.2. The van der Waals surface area contributed by atoms with Crippen molar-refractivity contribution in [1.29, 1.82) is 0 Å². The number of carbonyl (C=O) groups is 1. The van der Waals surface area contributed by atoms with Crippen molar-refractivity contribution in [2.75, 3.05) is 24.5 Å². The smallest absolute Gasteiger partial charge is 0.345 e. The Balaban J connectivity index is 1.75. The van der Waals surface area contributed by atoms with E-state index in [1.54, 1.807) is 0 Å². The monoisotopic (exact) mass is 386 g/mol. The average molecular weight is 386 g/mol. The van der Waals surface area contributed by atoms with E-state index >= 15 is 0 Å². The van der Waals surface area contributed by atoms with Crippen LogP contribution in [-0.4, -0.2) is 40.4 Å². The first-order chi connectivity index (χ1) is 12.6. The molecule has 5 nitrogen and oxygen atoms in total. The Hall–Kier alpha value is -2.78. The summed E-state index contributed by atoms with van der Waals surface area (Å²) in [6.45, 7) is 1.34. The summed E-state index contributed by atoms with van der Waals surface area (Å²) in [6, 6.07) is 3.77. The van der Waals surface area contributed by atoms with Gasteiger partial charge in [0.2, 0.25) is 5.91 Å². The van der Waals surface area contributed by atoms with Crippen molar-refractivity contribution in [2.45, 2.75) is 19.6 Å². The normalized spacial score (nSPS) is 15.4. The Bertz CT molecular complexity index is 871. The molecule has 0 atom stereocenters. The molecule has 1 saturated heterocycles. The van der Waals surface area contributed by atoms with Crippen molar-refractivity contribution in [3.05, 3.63) is 53.0 Å². The van der Waals surface area contributed by atoms with E-state index in [9.17, 15) is 26.7 Å². The largest absolute Gasteiger partial charge is 0.433 e. The number of aromatic nitrogens is 2. The van der Waals surface area contributed by atoms with Crippen molar-refractivity contribution in [3.63, 3.8) is 0 Å². The number of nitrogens with zero attached hydrogens (tertiary/aromatic N) is 4. The number of piperazine rings is 1. The molecule has 1 fully saturated rings. The van der Waals surface area contributed by atoms with Gasteiger partial charge in [0.15, 0.2) is 0 Å². The van der Waals surface area contributed by atoms with Crippen LogP contribution in [0.15, 0.2) is 24.3 Å². The van der Waals surface area contributed by atoms with E-state index in [0.29, 0.717) is 0 Å². The zero-order valence-electron chi connectivity index (χ0n) is 14.2. The summed E-state index contributed by atoms with van der Waals surface area (Å²) in [5, 5.41) is 0. The van der Waals surface area contributed by atoms with Crippen molar-refractivity contribution in [1.82, 2.24) is 14.9 Å². The number of aryl methyl sites for hydroxylation is 1. The third kappa shape index (κ3) is 4.32. The molecule has 144 valence electrons. The highest BCUT2D eigenvalue weighted by Crippen LogP contribution is 2.30. The van der Waals surface area contributed by atoms with E-state index in [1.807, 2.05) is 0 Å². The van der Waals surface area contributed by atoms with Gasteiger partial charge in [-0.1, -0.05) is 0 Å². The Labute approximate surface area is 151 Å². The van der Waals surface area contributed by atoms with Crippen LogP contribution in [0.2, 0.25) is 0 Å². The number of anilines is 1. The molecule has 0 N–H and O–H groups in total. The first kappa shape index (κ1) is 19.0. The van der Waals surface area contributed by atoms with Crippen LogP contribution in [-0.2, 0) is 17.5 Å². The maximum absolute atomic E-state index is 13.8. The van der Waals surface area contributed by atoms with Crippen LogP contribution >= 0.6 is 0 Å². The van der Waals surface area contributed by atoms with E-state index in [0.717, 1.165) is 24.3 Å². The van der Waals surface area contributed by atoms with Crippen LogP contribution in [0.4, 0.5) is 27.8 Å². The molecule has 27 heavy (non-hydrogen) atoms. The standard InChI is InChI=1S/C17H15F5N4O/c1-10-23-14(17(20,21)22)7-15(24-10)25-4-5-26(16(27)9-25)8-11-6-12(18)2-3-13(11)19/h2-3,6-7H,4-5,8-9H2,1H3. The molecule has 1 aromatic heterocycles. The number of benzene rings is 1. The minimum absolute atomic E-state index is 0.000221. The van der Waals surface area contributed by atoms with Gasteiger partial charge < -0.3 is 9.80 Å². The number of rotatable bonds is 3. The van der Waals surface area contributed by atoms with Crippen molar-refractivity contribution in [3.8, 4) is 0 Å². The lowest BCUT2D eigenvalue weighted by Gasteiger charge is -2.35. The molecule has 1 aliphatic heterocycles. The summed E-state index contributed by atoms with van der Waals surface area (Å²) in [5.41, 5.74) is -1.05. The molecule has 0 bridgehead atoms. The van der Waals surface area contributed by atoms with E-state index in [2.05, 4.69) is 9.97 Å². The molecule has 0 unspecified atom stereocenters. The van der Waals surface area contributed by atoms with E-state index < -0.39 is 29.4 Å². The maximum atomic E-state index is 13.8. The summed E-state index contributed by atoms with van der Waals surface area (Å²) in [5.74, 6) is -1.73. The van der Waals surface area contributed by atoms with Crippen LogP contribution in [0.3, 0.4) is 0 Å². The van der Waals surface area contributed by atoms with Gasteiger partial charge in [-0.2, -0.15) is 13.2 Å². The first-order valence-corrected chi connectivity index (χ1v) is 8.03. The molecule has 10 heteroatoms. The highest BCUT2D eigenvalue weighted by Gasteiger charge is 2.34. The molecule has 0 aliphatic carbocycles. The lowest BCUT2D eigenvalue weighted by atomic mass is 10.1. The molecular weight excluding hydrogens is 371 g/mol. The van der Waals surface area contributed by atoms with Gasteiger partial charge in [-0.15, -0.1) is 0 Å². The fraction of sp³-hybridized carbons (Fsp3) is 0.353. The van der Waals surface area contributed by atoms with Gasteiger partial charge in [-0.3, -0.25) is 4.79 Å². The molecule has 0 saturated carbocycles. The quantitative estimate of drug-likeness (QED) is 0.762. The molecule has 0 spiro atoms. The summed E-state index contributed by atoms with van der Waals surface area (Å²) in [7, 11) is 0. The van der Waals surface area contributed by atoms with E-state index in [-0.39, 0.29) is 43.4 Å². The third-order valence-corrected chi connectivity index (χ3v) is 4.13. The van der Waals surface area contributed by atoms with Crippen LogP contribution in [0.1, 0.15) is 17.1 Å². The number of alkyl halides is 3. The number of hydrogen-bond donors (Lipinski definition) is 0. The molecule has 0 radical (unpaired) electrons. The van der Waals surface area contributed by atoms with E-state index in [4.69, 9.17) is 0 Å². The molecule has 2 heterocycles. The molecule has 1 aromatic carbocycles. The number of hydrogen-bond acceptors (Lipinski definition) is 4. The molecule has 1 aliphatic rings. The van der Waals surface area contributed by atoms with Gasteiger partial charge in [0, 0.05) is 31.3 Å². The van der Waals surface area contributed by atoms with Gasteiger partial charge in [-0.05, 0) is 25.1 Å². The second kappa shape index (κ2) is 7.09. The second-order valence-electron chi connectivity index (χ2n) is 6.13. The Morgan fingerprint density at radius 2 is 1.85 bits per heavy atom. The zero-order chi connectivity index (χ0) is 19.8. The summed E-state index contributed by atoms with van der Waals surface area (Å²) in [6.07, 6.45) is -4.62. The van der Waals surface area contributed by atoms with Crippen molar-refractivity contribution < 1.29 is 26.7 Å². The van der Waals surface area contributed by atoms with Crippen molar-refractivity contribution >= 4 is 11.7 Å². The van der Waals surface area contributed by atoms with Crippen LogP contribution in [0, 0.1) is 18.6 Å². The predicted molar refractivity (Wildman–Crippen MR) is 85.8 cm³/mol. The van der Waals surface area contributed by atoms with E-state index in [1.165, 1.54) is 16.7 Å². The Kier molecular flexibility index (Phi) is 4.99. The highest BCUT2D eigenvalue weighted by atomic mass is 19.4. The number of amides is 1. The highest BCUT2D eigenvalue weighted by molar-refractivity contribution is 5.82. The van der Waals surface area contributed by atoms with Gasteiger partial charge in [0.25, 0.3) is 0 Å². The number of carbonyl (C=O) groups excluding carboxylic acids is 1. The SMILES string of the molecule is Cc1nc(N2CCN(Cc3cc(F)ccc3F)C(=O)C2)cc(C(F)(F)F)n1. The maximum Gasteiger partial charge on any atom is 0.433 e. The van der Waals surface area contributed by atoms with Gasteiger partial charge in [0.05, 0.1) is 6.54 Å². The van der Waals surface area contributed by atoms with Gasteiger partial charge >= 0.3 is 6.18 Å². The van der Waals surface area contributed by atoms with Crippen molar-refractivity contribution in [2.24, 2.45) is 0 Å². The molecule has 3 rings (SSSR count). The first-order valence-electron chi connectivity index (χ1n) is 8.03. The van der Waals surface area contributed by atoms with Crippen LogP contribution in [0.5, 0.6) is 0 Å².